The van der Waals surface area contributed by atoms with Gasteiger partial charge in [-0.2, -0.15) is 0 Å². The largest absolute Gasteiger partial charge is 0.291 e. The fraction of sp³-hybridized carbons (Fsp3) is 0.375. The third-order valence-electron chi connectivity index (χ3n) is 1.83. The van der Waals surface area contributed by atoms with Gasteiger partial charge in [0.15, 0.2) is 9.84 Å². The quantitative estimate of drug-likeness (QED) is 0.666. The molecule has 0 amide bonds. The van der Waals surface area contributed by atoms with Gasteiger partial charge in [-0.15, -0.1) is 0 Å². The average molecular weight is 214 g/mol. The van der Waals surface area contributed by atoms with E-state index in [2.05, 4.69) is 9.97 Å². The SMILES string of the molecule is CC(C(=O)c1cnccn1)S(C)(=O)=O. The van der Waals surface area contributed by atoms with Gasteiger partial charge in [0.2, 0.25) is 5.78 Å². The normalized spacial score (nSPS) is 13.6. The summed E-state index contributed by atoms with van der Waals surface area (Å²) >= 11 is 0. The molecule has 0 bridgehead atoms. The lowest BCUT2D eigenvalue weighted by Gasteiger charge is -2.06. The molecular formula is C8H10N2O3S. The number of nitrogens with zero attached hydrogens (tertiary/aromatic N) is 2. The maximum atomic E-state index is 11.5. The highest BCUT2D eigenvalue weighted by atomic mass is 32.2. The maximum Gasteiger partial charge on any atom is 0.200 e. The van der Waals surface area contributed by atoms with Crippen LogP contribution < -0.4 is 0 Å². The van der Waals surface area contributed by atoms with E-state index in [0.717, 1.165) is 6.26 Å². The minimum Gasteiger partial charge on any atom is -0.291 e. The third-order valence-corrected chi connectivity index (χ3v) is 3.33. The van der Waals surface area contributed by atoms with Gasteiger partial charge >= 0.3 is 0 Å². The summed E-state index contributed by atoms with van der Waals surface area (Å²) in [5, 5.41) is -1.07. The van der Waals surface area contributed by atoms with E-state index < -0.39 is 20.9 Å². The molecule has 0 radical (unpaired) electrons. The molecule has 0 N–H and O–H groups in total. The van der Waals surface area contributed by atoms with Crippen molar-refractivity contribution in [2.24, 2.45) is 0 Å². The van der Waals surface area contributed by atoms with E-state index in [1.54, 1.807) is 0 Å². The van der Waals surface area contributed by atoms with Crippen LogP contribution in [0.4, 0.5) is 0 Å². The molecule has 0 aromatic carbocycles. The Morgan fingerprint density at radius 2 is 2.07 bits per heavy atom. The standard InChI is InChI=1S/C8H10N2O3S/c1-6(14(2,12)13)8(11)7-5-9-3-4-10-7/h3-6H,1-2H3. The molecule has 1 aromatic rings. The van der Waals surface area contributed by atoms with Crippen LogP contribution in [0.25, 0.3) is 0 Å². The summed E-state index contributed by atoms with van der Waals surface area (Å²) in [5.74, 6) is -0.527. The number of carbonyl (C=O) groups excluding carboxylic acids is 1. The Hall–Kier alpha value is -1.30. The van der Waals surface area contributed by atoms with Gasteiger partial charge < -0.3 is 0 Å². The van der Waals surface area contributed by atoms with Crippen LogP contribution in [0.2, 0.25) is 0 Å². The van der Waals surface area contributed by atoms with E-state index in [-0.39, 0.29) is 5.69 Å². The second-order valence-electron chi connectivity index (χ2n) is 2.93. The summed E-state index contributed by atoms with van der Waals surface area (Å²) in [6.45, 7) is 1.34. The van der Waals surface area contributed by atoms with Gasteiger partial charge in [0.1, 0.15) is 10.9 Å². The molecular weight excluding hydrogens is 204 g/mol. The molecule has 0 spiro atoms. The molecule has 1 atom stereocenters. The highest BCUT2D eigenvalue weighted by Gasteiger charge is 2.25. The van der Waals surface area contributed by atoms with E-state index in [1.165, 1.54) is 25.5 Å². The van der Waals surface area contributed by atoms with E-state index in [4.69, 9.17) is 0 Å². The van der Waals surface area contributed by atoms with Gasteiger partial charge in [-0.25, -0.2) is 13.4 Å². The number of hydrogen-bond donors (Lipinski definition) is 0. The Labute approximate surface area is 82.1 Å². The van der Waals surface area contributed by atoms with Crippen molar-refractivity contribution in [2.45, 2.75) is 12.2 Å². The predicted octanol–water partition coefficient (Wildman–Crippen LogP) is 0.0924. The molecule has 1 aromatic heterocycles. The third kappa shape index (κ3) is 2.35. The van der Waals surface area contributed by atoms with E-state index in [9.17, 15) is 13.2 Å². The molecule has 0 aliphatic carbocycles. The second kappa shape index (κ2) is 3.83. The molecule has 1 unspecified atom stereocenters. The number of sulfone groups is 1. The molecule has 0 aliphatic heterocycles. The van der Waals surface area contributed by atoms with Crippen molar-refractivity contribution < 1.29 is 13.2 Å². The molecule has 5 nitrogen and oxygen atoms in total. The van der Waals surface area contributed by atoms with Crippen molar-refractivity contribution in [1.29, 1.82) is 0 Å². The minimum atomic E-state index is -3.37. The number of carbonyl (C=O) groups is 1. The number of hydrogen-bond acceptors (Lipinski definition) is 5. The summed E-state index contributed by atoms with van der Waals surface area (Å²) in [6.07, 6.45) is 5.04. The van der Waals surface area contributed by atoms with Crippen LogP contribution in [-0.4, -0.2) is 35.7 Å². The first-order valence-corrected chi connectivity index (χ1v) is 5.87. The summed E-state index contributed by atoms with van der Waals surface area (Å²) in [5.41, 5.74) is 0.0745. The summed E-state index contributed by atoms with van der Waals surface area (Å²) in [6, 6.07) is 0. The fourth-order valence-corrected chi connectivity index (χ4v) is 1.34. The molecule has 0 saturated carbocycles. The van der Waals surface area contributed by atoms with Crippen LogP contribution in [0.15, 0.2) is 18.6 Å². The van der Waals surface area contributed by atoms with Crippen molar-refractivity contribution in [2.75, 3.05) is 6.26 Å². The van der Waals surface area contributed by atoms with Crippen LogP contribution in [0.3, 0.4) is 0 Å². The summed E-state index contributed by atoms with van der Waals surface area (Å²) in [4.78, 5) is 18.9. The van der Waals surface area contributed by atoms with Gasteiger partial charge in [0, 0.05) is 18.6 Å². The first-order chi connectivity index (χ1) is 6.43. The zero-order valence-corrected chi connectivity index (χ0v) is 8.65. The molecule has 76 valence electrons. The fourth-order valence-electron chi connectivity index (χ4n) is 0.829. The molecule has 14 heavy (non-hydrogen) atoms. The average Bonchev–Trinajstić information content (AvgIpc) is 2.15. The topological polar surface area (TPSA) is 77.0 Å². The Kier molecular flexibility index (Phi) is 2.95. The monoisotopic (exact) mass is 214 g/mol. The number of ketones is 1. The van der Waals surface area contributed by atoms with Crippen molar-refractivity contribution in [3.05, 3.63) is 24.3 Å². The van der Waals surface area contributed by atoms with Crippen molar-refractivity contribution >= 4 is 15.6 Å². The number of rotatable bonds is 3. The first kappa shape index (κ1) is 10.8. The molecule has 1 rings (SSSR count). The van der Waals surface area contributed by atoms with Crippen molar-refractivity contribution in [1.82, 2.24) is 9.97 Å². The van der Waals surface area contributed by atoms with Crippen LogP contribution in [-0.2, 0) is 9.84 Å². The number of aromatic nitrogens is 2. The molecule has 0 fully saturated rings. The Bertz CT molecular complexity index is 427. The van der Waals surface area contributed by atoms with Crippen LogP contribution in [0, 0.1) is 0 Å². The Morgan fingerprint density at radius 3 is 2.50 bits per heavy atom. The number of Topliss-reactive ketones (excluding diaryl/α,β-unsaturated/α-hetero) is 1. The summed E-state index contributed by atoms with van der Waals surface area (Å²) < 4.78 is 22.2. The first-order valence-electron chi connectivity index (χ1n) is 3.92. The van der Waals surface area contributed by atoms with E-state index >= 15 is 0 Å². The van der Waals surface area contributed by atoms with Crippen molar-refractivity contribution in [3.63, 3.8) is 0 Å². The van der Waals surface area contributed by atoms with Gasteiger partial charge in [0.05, 0.1) is 6.20 Å². The zero-order valence-electron chi connectivity index (χ0n) is 7.84. The smallest absolute Gasteiger partial charge is 0.200 e. The lowest BCUT2D eigenvalue weighted by atomic mass is 10.2. The summed E-state index contributed by atoms with van der Waals surface area (Å²) in [7, 11) is -3.37. The molecule has 1 heterocycles. The van der Waals surface area contributed by atoms with E-state index in [0.29, 0.717) is 0 Å². The van der Waals surface area contributed by atoms with E-state index in [1.807, 2.05) is 0 Å². The van der Waals surface area contributed by atoms with Crippen LogP contribution in [0.5, 0.6) is 0 Å². The lowest BCUT2D eigenvalue weighted by Crippen LogP contribution is -2.27. The van der Waals surface area contributed by atoms with Gasteiger partial charge in [-0.1, -0.05) is 0 Å². The van der Waals surface area contributed by atoms with Gasteiger partial charge in [0.25, 0.3) is 0 Å². The zero-order chi connectivity index (χ0) is 10.8. The Balaban J connectivity index is 2.99. The molecule has 0 aliphatic rings. The van der Waals surface area contributed by atoms with Gasteiger partial charge in [-0.05, 0) is 6.92 Å². The highest BCUT2D eigenvalue weighted by molar-refractivity contribution is 7.92. The van der Waals surface area contributed by atoms with Crippen LogP contribution >= 0.6 is 0 Å². The minimum absolute atomic E-state index is 0.0745. The van der Waals surface area contributed by atoms with Gasteiger partial charge in [-0.3, -0.25) is 9.78 Å². The van der Waals surface area contributed by atoms with Crippen molar-refractivity contribution in [3.8, 4) is 0 Å². The molecule has 0 saturated heterocycles. The Morgan fingerprint density at radius 1 is 1.43 bits per heavy atom. The molecule has 6 heteroatoms. The highest BCUT2D eigenvalue weighted by Crippen LogP contribution is 2.05. The maximum absolute atomic E-state index is 11.5. The second-order valence-corrected chi connectivity index (χ2v) is 5.29. The predicted molar refractivity (Wildman–Crippen MR) is 50.7 cm³/mol. The van der Waals surface area contributed by atoms with Crippen LogP contribution in [0.1, 0.15) is 17.4 Å². The lowest BCUT2D eigenvalue weighted by molar-refractivity contribution is 0.0986.